The molecule has 1 fully saturated rings. The Labute approximate surface area is 214 Å². The number of nitrogens with one attached hydrogen (secondary N) is 1. The first-order valence-electron chi connectivity index (χ1n) is 10.8. The van der Waals surface area contributed by atoms with Crippen LogP contribution >= 0.6 is 35.4 Å². The topological polar surface area (TPSA) is 52.7 Å². The third-order valence-electron chi connectivity index (χ3n) is 5.71. The fourth-order valence-corrected chi connectivity index (χ4v) is 4.52. The van der Waals surface area contributed by atoms with Gasteiger partial charge in [-0.15, -0.1) is 0 Å². The highest BCUT2D eigenvalue weighted by molar-refractivity contribution is 7.80. The lowest BCUT2D eigenvalue weighted by Crippen LogP contribution is -2.48. The van der Waals surface area contributed by atoms with Gasteiger partial charge in [0.2, 0.25) is 5.91 Å². The number of anilines is 2. The molecule has 174 valence electrons. The molecule has 3 aromatic carbocycles. The predicted molar refractivity (Wildman–Crippen MR) is 142 cm³/mol. The number of hydrogen-bond acceptors (Lipinski definition) is 3. The van der Waals surface area contributed by atoms with Crippen molar-refractivity contribution >= 4 is 63.7 Å². The molecule has 34 heavy (non-hydrogen) atoms. The molecule has 4 rings (SSSR count). The van der Waals surface area contributed by atoms with E-state index < -0.39 is 6.04 Å². The van der Waals surface area contributed by atoms with Crippen LogP contribution in [0.4, 0.5) is 11.4 Å². The lowest BCUT2D eigenvalue weighted by molar-refractivity contribution is -0.122. The van der Waals surface area contributed by atoms with E-state index in [2.05, 4.69) is 5.32 Å². The zero-order valence-corrected chi connectivity index (χ0v) is 20.8. The number of rotatable bonds is 6. The van der Waals surface area contributed by atoms with Crippen LogP contribution in [-0.4, -0.2) is 34.4 Å². The summed E-state index contributed by atoms with van der Waals surface area (Å²) in [6.45, 7) is 2.42. The predicted octanol–water partition coefficient (Wildman–Crippen LogP) is 5.88. The summed E-state index contributed by atoms with van der Waals surface area (Å²) in [4.78, 5) is 29.4. The van der Waals surface area contributed by atoms with E-state index in [0.717, 1.165) is 11.1 Å². The molecule has 0 aromatic heterocycles. The smallest absolute Gasteiger partial charge is 0.257 e. The molecule has 1 unspecified atom stereocenters. The van der Waals surface area contributed by atoms with E-state index in [1.54, 1.807) is 35.2 Å². The average Bonchev–Trinajstić information content (AvgIpc) is 3.11. The largest absolute Gasteiger partial charge is 0.336 e. The third-order valence-corrected chi connectivity index (χ3v) is 6.78. The van der Waals surface area contributed by atoms with E-state index >= 15 is 0 Å². The molecule has 1 aliphatic rings. The van der Waals surface area contributed by atoms with Crippen LogP contribution in [-0.2, 0) is 16.0 Å². The standard InChI is InChI=1S/C26H23Cl2N3O2S/c1-17-7-10-20(11-8-17)31-24(32)16-23(25(31)33)30(14-13-18-5-3-2-4-6-18)26(34)29-19-9-12-21(27)22(28)15-19/h2-12,15,23H,13-14,16H2,1H3,(H,29,34). The molecule has 0 aliphatic carbocycles. The minimum absolute atomic E-state index is 0.0463. The fraction of sp³-hybridized carbons (Fsp3) is 0.192. The zero-order valence-electron chi connectivity index (χ0n) is 18.5. The molecule has 5 nitrogen and oxygen atoms in total. The summed E-state index contributed by atoms with van der Waals surface area (Å²) in [6, 6.07) is 21.7. The Morgan fingerprint density at radius 3 is 2.41 bits per heavy atom. The van der Waals surface area contributed by atoms with Crippen LogP contribution in [0.15, 0.2) is 72.8 Å². The first kappa shape index (κ1) is 24.2. The molecule has 0 bridgehead atoms. The Morgan fingerprint density at radius 1 is 1.03 bits per heavy atom. The Balaban J connectivity index is 1.59. The molecule has 2 amide bonds. The van der Waals surface area contributed by atoms with Crippen molar-refractivity contribution in [1.29, 1.82) is 0 Å². The molecule has 1 N–H and O–H groups in total. The van der Waals surface area contributed by atoms with Gasteiger partial charge in [-0.3, -0.25) is 9.59 Å². The molecule has 1 saturated heterocycles. The quantitative estimate of drug-likeness (QED) is 0.331. The molecule has 0 radical (unpaired) electrons. The van der Waals surface area contributed by atoms with Gasteiger partial charge in [-0.2, -0.15) is 0 Å². The third kappa shape index (κ3) is 5.41. The number of carbonyl (C=O) groups excluding carboxylic acids is 2. The molecule has 3 aromatic rings. The number of imide groups is 1. The lowest BCUT2D eigenvalue weighted by Gasteiger charge is -2.30. The summed E-state index contributed by atoms with van der Waals surface area (Å²) in [7, 11) is 0. The summed E-state index contributed by atoms with van der Waals surface area (Å²) >= 11 is 17.9. The van der Waals surface area contributed by atoms with Crippen LogP contribution in [0.25, 0.3) is 0 Å². The van der Waals surface area contributed by atoms with Gasteiger partial charge in [0.05, 0.1) is 22.2 Å². The maximum Gasteiger partial charge on any atom is 0.257 e. The van der Waals surface area contributed by atoms with Gasteiger partial charge in [0, 0.05) is 12.2 Å². The van der Waals surface area contributed by atoms with E-state index in [1.165, 1.54) is 4.90 Å². The maximum atomic E-state index is 13.4. The van der Waals surface area contributed by atoms with Crippen LogP contribution in [0, 0.1) is 6.92 Å². The van der Waals surface area contributed by atoms with Crippen molar-refractivity contribution in [1.82, 2.24) is 4.90 Å². The average molecular weight is 512 g/mol. The SMILES string of the molecule is Cc1ccc(N2C(=O)CC(N(CCc3ccccc3)C(=S)Nc3ccc(Cl)c(Cl)c3)C2=O)cc1. The van der Waals surface area contributed by atoms with Crippen molar-refractivity contribution in [3.8, 4) is 0 Å². The van der Waals surface area contributed by atoms with Crippen LogP contribution in [0.3, 0.4) is 0 Å². The summed E-state index contributed by atoms with van der Waals surface area (Å²) < 4.78 is 0. The molecular formula is C26H23Cl2N3O2S. The van der Waals surface area contributed by atoms with Gasteiger partial charge in [0.15, 0.2) is 5.11 Å². The summed E-state index contributed by atoms with van der Waals surface area (Å²) in [6.07, 6.45) is 0.706. The highest BCUT2D eigenvalue weighted by Gasteiger charge is 2.43. The van der Waals surface area contributed by atoms with Gasteiger partial charge in [-0.25, -0.2) is 4.90 Å². The summed E-state index contributed by atoms with van der Waals surface area (Å²) in [5.41, 5.74) is 3.37. The van der Waals surface area contributed by atoms with Gasteiger partial charge in [0.1, 0.15) is 6.04 Å². The highest BCUT2D eigenvalue weighted by Crippen LogP contribution is 2.28. The van der Waals surface area contributed by atoms with Gasteiger partial charge in [0.25, 0.3) is 5.91 Å². The summed E-state index contributed by atoms with van der Waals surface area (Å²) in [5.74, 6) is -0.541. The van der Waals surface area contributed by atoms with Crippen molar-refractivity contribution in [2.75, 3.05) is 16.8 Å². The number of halogens is 2. The molecule has 1 aliphatic heterocycles. The highest BCUT2D eigenvalue weighted by atomic mass is 35.5. The molecule has 1 heterocycles. The van der Waals surface area contributed by atoms with Crippen LogP contribution in [0.1, 0.15) is 17.5 Å². The van der Waals surface area contributed by atoms with E-state index in [4.69, 9.17) is 35.4 Å². The fourth-order valence-electron chi connectivity index (χ4n) is 3.89. The Kier molecular flexibility index (Phi) is 7.51. The van der Waals surface area contributed by atoms with Crippen molar-refractivity contribution in [2.24, 2.45) is 0 Å². The van der Waals surface area contributed by atoms with Gasteiger partial charge in [-0.1, -0.05) is 71.2 Å². The zero-order chi connectivity index (χ0) is 24.2. The molecule has 0 spiro atoms. The van der Waals surface area contributed by atoms with Gasteiger partial charge < -0.3 is 10.2 Å². The monoisotopic (exact) mass is 511 g/mol. The maximum absolute atomic E-state index is 13.4. The van der Waals surface area contributed by atoms with Crippen LogP contribution in [0.5, 0.6) is 0 Å². The van der Waals surface area contributed by atoms with Crippen molar-refractivity contribution in [3.63, 3.8) is 0 Å². The number of nitrogens with zero attached hydrogens (tertiary/aromatic N) is 2. The van der Waals surface area contributed by atoms with E-state index in [1.807, 2.05) is 49.4 Å². The van der Waals surface area contributed by atoms with Crippen molar-refractivity contribution < 1.29 is 9.59 Å². The first-order chi connectivity index (χ1) is 16.3. The lowest BCUT2D eigenvalue weighted by atomic mass is 10.1. The summed E-state index contributed by atoms with van der Waals surface area (Å²) in [5, 5.41) is 4.32. The van der Waals surface area contributed by atoms with Gasteiger partial charge >= 0.3 is 0 Å². The molecule has 0 saturated carbocycles. The molecular weight excluding hydrogens is 489 g/mol. The Bertz CT molecular complexity index is 1220. The van der Waals surface area contributed by atoms with Crippen LogP contribution < -0.4 is 10.2 Å². The second-order valence-electron chi connectivity index (χ2n) is 8.11. The van der Waals surface area contributed by atoms with Crippen molar-refractivity contribution in [3.05, 3.63) is 94.0 Å². The second kappa shape index (κ2) is 10.6. The Morgan fingerprint density at radius 2 is 1.74 bits per heavy atom. The van der Waals surface area contributed by atoms with E-state index in [9.17, 15) is 9.59 Å². The van der Waals surface area contributed by atoms with Crippen molar-refractivity contribution in [2.45, 2.75) is 25.8 Å². The molecule has 1 atom stereocenters. The van der Waals surface area contributed by atoms with Crippen LogP contribution in [0.2, 0.25) is 10.0 Å². The Hall–Kier alpha value is -2.93. The number of aryl methyl sites for hydroxylation is 1. The number of thiocarbonyl (C=S) groups is 1. The number of benzene rings is 3. The first-order valence-corrected chi connectivity index (χ1v) is 12.0. The number of carbonyl (C=O) groups is 2. The normalized spacial score (nSPS) is 15.5. The second-order valence-corrected chi connectivity index (χ2v) is 9.31. The van der Waals surface area contributed by atoms with E-state index in [-0.39, 0.29) is 18.2 Å². The minimum atomic E-state index is -0.708. The number of hydrogen-bond donors (Lipinski definition) is 1. The number of amides is 2. The van der Waals surface area contributed by atoms with E-state index in [0.29, 0.717) is 39.5 Å². The molecule has 8 heteroatoms. The van der Waals surface area contributed by atoms with Gasteiger partial charge in [-0.05, 0) is 61.5 Å². The minimum Gasteiger partial charge on any atom is -0.336 e.